The summed E-state index contributed by atoms with van der Waals surface area (Å²) in [5, 5.41) is 0. The van der Waals surface area contributed by atoms with E-state index in [0.717, 1.165) is 37.9 Å². The average molecular weight is 403 g/mol. The van der Waals surface area contributed by atoms with Gasteiger partial charge >= 0.3 is 0 Å². The summed E-state index contributed by atoms with van der Waals surface area (Å²) in [6.45, 7) is 2.88. The molecule has 4 heteroatoms. The van der Waals surface area contributed by atoms with Crippen LogP contribution in [-0.4, -0.2) is 41.2 Å². The molecule has 0 radical (unpaired) electrons. The summed E-state index contributed by atoms with van der Waals surface area (Å²) in [5.74, 6) is 0.733. The third kappa shape index (κ3) is 5.18. The Labute approximate surface area is 179 Å². The largest absolute Gasteiger partial charge is 0.339 e. The Morgan fingerprint density at radius 3 is 2.33 bits per heavy atom. The van der Waals surface area contributed by atoms with E-state index >= 15 is 0 Å². The van der Waals surface area contributed by atoms with Gasteiger partial charge in [0, 0.05) is 39.0 Å². The maximum atomic E-state index is 12.9. The first-order chi connectivity index (χ1) is 14.7. The van der Waals surface area contributed by atoms with Crippen LogP contribution < -0.4 is 0 Å². The fraction of sp³-hybridized carbons (Fsp3) is 0.385. The van der Waals surface area contributed by atoms with Gasteiger partial charge in [0.15, 0.2) is 0 Å². The van der Waals surface area contributed by atoms with Crippen LogP contribution in [0.25, 0.3) is 5.57 Å². The van der Waals surface area contributed by atoms with Crippen LogP contribution in [0, 0.1) is 5.92 Å². The molecule has 0 spiro atoms. The van der Waals surface area contributed by atoms with Crippen molar-refractivity contribution < 1.29 is 9.59 Å². The fourth-order valence-corrected chi connectivity index (χ4v) is 4.45. The molecule has 1 unspecified atom stereocenters. The summed E-state index contributed by atoms with van der Waals surface area (Å²) in [5.41, 5.74) is 3.75. The number of nitrogens with zero attached hydrogens (tertiary/aromatic N) is 2. The van der Waals surface area contributed by atoms with E-state index in [-0.39, 0.29) is 11.8 Å². The molecule has 1 atom stereocenters. The van der Waals surface area contributed by atoms with Crippen molar-refractivity contribution in [3.05, 3.63) is 77.9 Å². The molecular formula is C26H30N2O2. The van der Waals surface area contributed by atoms with Gasteiger partial charge in [-0.1, -0.05) is 66.7 Å². The highest BCUT2D eigenvalue weighted by Gasteiger charge is 2.26. The standard InChI is InChI=1S/C26H30N2O2/c29-25-12-11-21(13-16-28(25)20-22-7-3-1-4-8-22)19-26(30)27-17-14-24(15-18-27)23-9-5-2-6-10-23/h1-10,14,21H,11-13,15-20H2. The molecule has 0 aliphatic carbocycles. The molecule has 2 aliphatic rings. The second kappa shape index (κ2) is 9.75. The number of carbonyl (C=O) groups is 2. The van der Waals surface area contributed by atoms with E-state index in [1.807, 2.05) is 34.1 Å². The molecule has 2 aromatic rings. The summed E-state index contributed by atoms with van der Waals surface area (Å²) in [6.07, 6.45) is 5.92. The molecule has 2 aliphatic heterocycles. The number of rotatable bonds is 5. The SMILES string of the molecule is O=C(CC1CCC(=O)N(Cc2ccccc2)CC1)N1CC=C(c2ccccc2)CC1. The molecule has 0 N–H and O–H groups in total. The monoisotopic (exact) mass is 402 g/mol. The molecule has 2 heterocycles. The maximum Gasteiger partial charge on any atom is 0.223 e. The van der Waals surface area contributed by atoms with E-state index in [1.54, 1.807) is 0 Å². The van der Waals surface area contributed by atoms with Gasteiger partial charge < -0.3 is 9.80 Å². The van der Waals surface area contributed by atoms with Gasteiger partial charge in [-0.05, 0) is 41.9 Å². The Balaban J connectivity index is 1.29. The summed E-state index contributed by atoms with van der Waals surface area (Å²) in [6, 6.07) is 20.5. The highest BCUT2D eigenvalue weighted by atomic mass is 16.2. The predicted molar refractivity (Wildman–Crippen MR) is 119 cm³/mol. The van der Waals surface area contributed by atoms with Crippen molar-refractivity contribution in [2.75, 3.05) is 19.6 Å². The number of amides is 2. The molecule has 0 bridgehead atoms. The van der Waals surface area contributed by atoms with Crippen LogP contribution in [-0.2, 0) is 16.1 Å². The van der Waals surface area contributed by atoms with E-state index < -0.39 is 0 Å². The summed E-state index contributed by atoms with van der Waals surface area (Å²) < 4.78 is 0. The van der Waals surface area contributed by atoms with Crippen molar-refractivity contribution in [1.29, 1.82) is 0 Å². The lowest BCUT2D eigenvalue weighted by atomic mass is 9.95. The first-order valence-corrected chi connectivity index (χ1v) is 11.0. The third-order valence-electron chi connectivity index (χ3n) is 6.31. The minimum atomic E-state index is 0.210. The second-order valence-electron chi connectivity index (χ2n) is 8.38. The van der Waals surface area contributed by atoms with E-state index in [1.165, 1.54) is 11.1 Å². The van der Waals surface area contributed by atoms with Crippen molar-refractivity contribution in [2.45, 2.75) is 38.6 Å². The molecular weight excluding hydrogens is 372 g/mol. The van der Waals surface area contributed by atoms with Crippen LogP contribution >= 0.6 is 0 Å². The topological polar surface area (TPSA) is 40.6 Å². The lowest BCUT2D eigenvalue weighted by Crippen LogP contribution is -2.35. The van der Waals surface area contributed by atoms with Crippen LogP contribution in [0.2, 0.25) is 0 Å². The molecule has 1 fully saturated rings. The summed E-state index contributed by atoms with van der Waals surface area (Å²) >= 11 is 0. The van der Waals surface area contributed by atoms with Crippen molar-refractivity contribution in [3.8, 4) is 0 Å². The lowest BCUT2D eigenvalue weighted by molar-refractivity contribution is -0.132. The Hall–Kier alpha value is -2.88. The van der Waals surface area contributed by atoms with E-state index in [0.29, 0.717) is 31.8 Å². The van der Waals surface area contributed by atoms with E-state index in [2.05, 4.69) is 42.5 Å². The van der Waals surface area contributed by atoms with Gasteiger partial charge in [-0.3, -0.25) is 9.59 Å². The second-order valence-corrected chi connectivity index (χ2v) is 8.38. The van der Waals surface area contributed by atoms with Crippen LogP contribution in [0.15, 0.2) is 66.7 Å². The van der Waals surface area contributed by atoms with Gasteiger partial charge in [-0.2, -0.15) is 0 Å². The van der Waals surface area contributed by atoms with Gasteiger partial charge in [-0.25, -0.2) is 0 Å². The molecule has 1 saturated heterocycles. The van der Waals surface area contributed by atoms with Crippen molar-refractivity contribution in [3.63, 3.8) is 0 Å². The molecule has 2 amide bonds. The summed E-state index contributed by atoms with van der Waals surface area (Å²) in [7, 11) is 0. The zero-order chi connectivity index (χ0) is 20.8. The number of likely N-dealkylation sites (tertiary alicyclic amines) is 1. The predicted octanol–water partition coefficient (Wildman–Crippen LogP) is 4.52. The maximum absolute atomic E-state index is 12.9. The first-order valence-electron chi connectivity index (χ1n) is 11.0. The number of benzene rings is 2. The molecule has 0 saturated carbocycles. The van der Waals surface area contributed by atoms with Crippen LogP contribution in [0.5, 0.6) is 0 Å². The Bertz CT molecular complexity index is 892. The highest BCUT2D eigenvalue weighted by molar-refractivity contribution is 5.79. The molecule has 30 heavy (non-hydrogen) atoms. The molecule has 4 rings (SSSR count). The quantitative estimate of drug-likeness (QED) is 0.738. The van der Waals surface area contributed by atoms with Gasteiger partial charge in [-0.15, -0.1) is 0 Å². The Morgan fingerprint density at radius 2 is 1.63 bits per heavy atom. The smallest absolute Gasteiger partial charge is 0.223 e. The van der Waals surface area contributed by atoms with E-state index in [4.69, 9.17) is 0 Å². The summed E-state index contributed by atoms with van der Waals surface area (Å²) in [4.78, 5) is 29.3. The minimum absolute atomic E-state index is 0.210. The average Bonchev–Trinajstić information content (AvgIpc) is 2.97. The van der Waals surface area contributed by atoms with Crippen molar-refractivity contribution in [2.24, 2.45) is 5.92 Å². The van der Waals surface area contributed by atoms with Gasteiger partial charge in [0.25, 0.3) is 0 Å². The normalized spacial score (nSPS) is 19.9. The zero-order valence-corrected chi connectivity index (χ0v) is 17.5. The van der Waals surface area contributed by atoms with Crippen LogP contribution in [0.4, 0.5) is 0 Å². The molecule has 4 nitrogen and oxygen atoms in total. The van der Waals surface area contributed by atoms with Crippen molar-refractivity contribution >= 4 is 17.4 Å². The molecule has 0 aromatic heterocycles. The lowest BCUT2D eigenvalue weighted by Gasteiger charge is -2.28. The number of hydrogen-bond donors (Lipinski definition) is 0. The zero-order valence-electron chi connectivity index (χ0n) is 17.5. The van der Waals surface area contributed by atoms with Crippen LogP contribution in [0.1, 0.15) is 43.2 Å². The van der Waals surface area contributed by atoms with Crippen molar-refractivity contribution in [1.82, 2.24) is 9.80 Å². The Morgan fingerprint density at radius 1 is 0.900 bits per heavy atom. The fourth-order valence-electron chi connectivity index (χ4n) is 4.45. The van der Waals surface area contributed by atoms with Crippen LogP contribution in [0.3, 0.4) is 0 Å². The van der Waals surface area contributed by atoms with E-state index in [9.17, 15) is 9.59 Å². The number of hydrogen-bond acceptors (Lipinski definition) is 2. The number of carbonyl (C=O) groups excluding carboxylic acids is 2. The Kier molecular flexibility index (Phi) is 6.63. The van der Waals surface area contributed by atoms with Gasteiger partial charge in [0.2, 0.25) is 11.8 Å². The highest BCUT2D eigenvalue weighted by Crippen LogP contribution is 2.26. The first kappa shape index (κ1) is 20.4. The minimum Gasteiger partial charge on any atom is -0.339 e. The third-order valence-corrected chi connectivity index (χ3v) is 6.31. The molecule has 2 aromatic carbocycles. The van der Waals surface area contributed by atoms with Gasteiger partial charge in [0.05, 0.1) is 0 Å². The molecule has 156 valence electrons. The van der Waals surface area contributed by atoms with Gasteiger partial charge in [0.1, 0.15) is 0 Å².